The molecule has 130 valence electrons. The fraction of sp³-hybridized carbons (Fsp3) is 0.105. The maximum absolute atomic E-state index is 13.5. The van der Waals surface area contributed by atoms with Gasteiger partial charge >= 0.3 is 0 Å². The van der Waals surface area contributed by atoms with Gasteiger partial charge < -0.3 is 4.74 Å². The molecule has 0 aliphatic carbocycles. The highest BCUT2D eigenvalue weighted by Gasteiger charge is 2.10. The summed E-state index contributed by atoms with van der Waals surface area (Å²) in [5.41, 5.74) is 3.66. The van der Waals surface area contributed by atoms with Gasteiger partial charge in [0.05, 0.1) is 31.6 Å². The van der Waals surface area contributed by atoms with Crippen LogP contribution < -0.4 is 4.74 Å². The number of methoxy groups -OCH3 is 1. The van der Waals surface area contributed by atoms with Gasteiger partial charge in [0.25, 0.3) is 0 Å². The number of rotatable bonds is 4. The van der Waals surface area contributed by atoms with E-state index in [2.05, 4.69) is 15.1 Å². The standard InChI is InChI=1S/C19H14F2N4O/c1-26-15-4-12(7-22-9-15)11-25-19-6-14(8-23-18(19)10-24-25)13-2-3-16(20)17(21)5-13/h2-10H,11H2,1H3. The van der Waals surface area contributed by atoms with Gasteiger partial charge in [0.1, 0.15) is 11.3 Å². The monoisotopic (exact) mass is 352 g/mol. The molecule has 7 heteroatoms. The zero-order chi connectivity index (χ0) is 18.1. The highest BCUT2D eigenvalue weighted by Crippen LogP contribution is 2.25. The van der Waals surface area contributed by atoms with E-state index in [0.717, 1.165) is 23.2 Å². The average Bonchev–Trinajstić information content (AvgIpc) is 3.06. The Morgan fingerprint density at radius 2 is 1.85 bits per heavy atom. The minimum absolute atomic E-state index is 0.483. The van der Waals surface area contributed by atoms with Crippen LogP contribution in [0.4, 0.5) is 8.78 Å². The lowest BCUT2D eigenvalue weighted by Crippen LogP contribution is -2.02. The largest absolute Gasteiger partial charge is 0.495 e. The third-order valence-electron chi connectivity index (χ3n) is 4.09. The number of hydrogen-bond donors (Lipinski definition) is 0. The van der Waals surface area contributed by atoms with Crippen molar-refractivity contribution in [3.8, 4) is 16.9 Å². The first-order valence-corrected chi connectivity index (χ1v) is 7.89. The summed E-state index contributed by atoms with van der Waals surface area (Å²) in [6.45, 7) is 0.483. The first kappa shape index (κ1) is 16.1. The molecular weight excluding hydrogens is 338 g/mol. The predicted molar refractivity (Wildman–Crippen MR) is 92.8 cm³/mol. The molecule has 0 unspecified atom stereocenters. The number of nitrogens with zero attached hydrogens (tertiary/aromatic N) is 4. The normalized spacial score (nSPS) is 11.0. The van der Waals surface area contributed by atoms with Crippen molar-refractivity contribution in [3.05, 3.63) is 72.3 Å². The van der Waals surface area contributed by atoms with E-state index in [4.69, 9.17) is 4.74 Å². The van der Waals surface area contributed by atoms with Crippen LogP contribution >= 0.6 is 0 Å². The summed E-state index contributed by atoms with van der Waals surface area (Å²) < 4.78 is 33.7. The van der Waals surface area contributed by atoms with Gasteiger partial charge in [-0.25, -0.2) is 8.78 Å². The SMILES string of the molecule is COc1cncc(Cn2ncc3ncc(-c4ccc(F)c(F)c4)cc32)c1. The van der Waals surface area contributed by atoms with Crippen LogP contribution in [0.25, 0.3) is 22.2 Å². The molecule has 1 aromatic carbocycles. The molecule has 0 bridgehead atoms. The van der Waals surface area contributed by atoms with E-state index in [1.165, 1.54) is 6.07 Å². The smallest absolute Gasteiger partial charge is 0.159 e. The number of halogens is 2. The lowest BCUT2D eigenvalue weighted by atomic mass is 10.1. The van der Waals surface area contributed by atoms with Crippen LogP contribution in [0, 0.1) is 11.6 Å². The van der Waals surface area contributed by atoms with Crippen LogP contribution in [0.1, 0.15) is 5.56 Å². The molecule has 0 amide bonds. The summed E-state index contributed by atoms with van der Waals surface area (Å²) >= 11 is 0. The van der Waals surface area contributed by atoms with Gasteiger partial charge in [-0.2, -0.15) is 5.10 Å². The van der Waals surface area contributed by atoms with E-state index in [9.17, 15) is 8.78 Å². The van der Waals surface area contributed by atoms with Crippen LogP contribution in [0.15, 0.2) is 55.1 Å². The van der Waals surface area contributed by atoms with Crippen molar-refractivity contribution < 1.29 is 13.5 Å². The Balaban J connectivity index is 1.73. The lowest BCUT2D eigenvalue weighted by Gasteiger charge is -2.07. The van der Waals surface area contributed by atoms with E-state index in [1.54, 1.807) is 36.6 Å². The molecule has 5 nitrogen and oxygen atoms in total. The van der Waals surface area contributed by atoms with Gasteiger partial charge in [-0.3, -0.25) is 14.6 Å². The summed E-state index contributed by atoms with van der Waals surface area (Å²) in [7, 11) is 1.59. The third-order valence-corrected chi connectivity index (χ3v) is 4.09. The second kappa shape index (κ2) is 6.51. The van der Waals surface area contributed by atoms with Gasteiger partial charge in [0.15, 0.2) is 11.6 Å². The molecule has 3 aromatic heterocycles. The van der Waals surface area contributed by atoms with Crippen LogP contribution in [0.5, 0.6) is 5.75 Å². The van der Waals surface area contributed by atoms with Gasteiger partial charge in [0, 0.05) is 18.0 Å². The number of fused-ring (bicyclic) bond motifs is 1. The molecule has 0 aliphatic rings. The molecule has 0 saturated heterocycles. The van der Waals surface area contributed by atoms with Crippen molar-refractivity contribution in [1.82, 2.24) is 19.7 Å². The highest BCUT2D eigenvalue weighted by atomic mass is 19.2. The van der Waals surface area contributed by atoms with Gasteiger partial charge in [-0.05, 0) is 35.4 Å². The molecule has 0 saturated carbocycles. The van der Waals surface area contributed by atoms with Gasteiger partial charge in [0.2, 0.25) is 0 Å². The molecule has 0 N–H and O–H groups in total. The Kier molecular flexibility index (Phi) is 4.04. The average molecular weight is 352 g/mol. The number of ether oxygens (including phenoxy) is 1. The van der Waals surface area contributed by atoms with Crippen LogP contribution in [-0.2, 0) is 6.54 Å². The molecule has 3 heterocycles. The number of benzene rings is 1. The molecule has 0 spiro atoms. The molecule has 4 rings (SSSR count). The molecule has 26 heavy (non-hydrogen) atoms. The van der Waals surface area contributed by atoms with E-state index in [-0.39, 0.29) is 0 Å². The molecular formula is C19H14F2N4O. The first-order valence-electron chi connectivity index (χ1n) is 7.89. The number of hydrogen-bond acceptors (Lipinski definition) is 4. The number of pyridine rings is 2. The van der Waals surface area contributed by atoms with Crippen molar-refractivity contribution in [1.29, 1.82) is 0 Å². The molecule has 4 aromatic rings. The fourth-order valence-corrected chi connectivity index (χ4v) is 2.75. The maximum atomic E-state index is 13.5. The van der Waals surface area contributed by atoms with E-state index < -0.39 is 11.6 Å². The minimum atomic E-state index is -0.890. The Morgan fingerprint density at radius 1 is 0.962 bits per heavy atom. The van der Waals surface area contributed by atoms with Crippen molar-refractivity contribution in [2.24, 2.45) is 0 Å². The quantitative estimate of drug-likeness (QED) is 0.560. The summed E-state index contributed by atoms with van der Waals surface area (Å²) in [5.74, 6) is -1.10. The van der Waals surface area contributed by atoms with Gasteiger partial charge in [-0.15, -0.1) is 0 Å². The summed E-state index contributed by atoms with van der Waals surface area (Å²) in [5, 5.41) is 4.36. The van der Waals surface area contributed by atoms with Crippen molar-refractivity contribution in [2.75, 3.05) is 7.11 Å². The third kappa shape index (κ3) is 2.99. The fourth-order valence-electron chi connectivity index (χ4n) is 2.75. The van der Waals surface area contributed by atoms with Gasteiger partial charge in [-0.1, -0.05) is 6.07 Å². The zero-order valence-electron chi connectivity index (χ0n) is 13.9. The summed E-state index contributed by atoms with van der Waals surface area (Å²) in [6, 6.07) is 7.52. The summed E-state index contributed by atoms with van der Waals surface area (Å²) in [6.07, 6.45) is 6.65. The second-order valence-electron chi connectivity index (χ2n) is 5.79. The Morgan fingerprint density at radius 3 is 2.65 bits per heavy atom. The molecule has 0 radical (unpaired) electrons. The molecule has 0 fully saturated rings. The molecule has 0 aliphatic heterocycles. The Hall–Kier alpha value is -3.35. The summed E-state index contributed by atoms with van der Waals surface area (Å²) in [4.78, 5) is 8.51. The second-order valence-corrected chi connectivity index (χ2v) is 5.79. The number of aromatic nitrogens is 4. The van der Waals surface area contributed by atoms with E-state index >= 15 is 0 Å². The molecule has 0 atom stereocenters. The van der Waals surface area contributed by atoms with Crippen molar-refractivity contribution in [3.63, 3.8) is 0 Å². The van der Waals surface area contributed by atoms with Crippen LogP contribution in [0.2, 0.25) is 0 Å². The van der Waals surface area contributed by atoms with E-state index in [1.807, 2.05) is 12.1 Å². The highest BCUT2D eigenvalue weighted by molar-refractivity contribution is 5.80. The maximum Gasteiger partial charge on any atom is 0.159 e. The Labute approximate surface area is 147 Å². The lowest BCUT2D eigenvalue weighted by molar-refractivity contribution is 0.412. The van der Waals surface area contributed by atoms with Crippen LogP contribution in [-0.4, -0.2) is 26.9 Å². The minimum Gasteiger partial charge on any atom is -0.495 e. The van der Waals surface area contributed by atoms with Crippen LogP contribution in [0.3, 0.4) is 0 Å². The van der Waals surface area contributed by atoms with Crippen molar-refractivity contribution >= 4 is 11.0 Å². The first-order chi connectivity index (χ1) is 12.6. The zero-order valence-corrected chi connectivity index (χ0v) is 13.9. The Bertz CT molecular complexity index is 1090. The van der Waals surface area contributed by atoms with Crippen molar-refractivity contribution in [2.45, 2.75) is 6.54 Å². The van der Waals surface area contributed by atoms with E-state index in [0.29, 0.717) is 28.9 Å². The topological polar surface area (TPSA) is 52.8 Å². The predicted octanol–water partition coefficient (Wildman–Crippen LogP) is 3.83.